The zero-order valence-corrected chi connectivity index (χ0v) is 12.8. The number of carbonyl (C=O) groups is 1. The fourth-order valence-corrected chi connectivity index (χ4v) is 2.87. The van der Waals surface area contributed by atoms with E-state index in [1.807, 2.05) is 19.0 Å². The van der Waals surface area contributed by atoms with Crippen LogP contribution in [0.1, 0.15) is 34.1 Å². The Morgan fingerprint density at radius 3 is 2.56 bits per heavy atom. The molecule has 18 heavy (non-hydrogen) atoms. The van der Waals surface area contributed by atoms with Crippen LogP contribution in [0.2, 0.25) is 0 Å². The van der Waals surface area contributed by atoms with Crippen molar-refractivity contribution in [1.29, 1.82) is 0 Å². The van der Waals surface area contributed by atoms with Gasteiger partial charge in [-0.2, -0.15) is 0 Å². The summed E-state index contributed by atoms with van der Waals surface area (Å²) in [6, 6.07) is 0.412. The highest BCUT2D eigenvalue weighted by molar-refractivity contribution is 5.82. The van der Waals surface area contributed by atoms with Crippen LogP contribution < -0.4 is 5.32 Å². The molecule has 1 amide bonds. The Kier molecular flexibility index (Phi) is 5.17. The maximum atomic E-state index is 12.5. The molecule has 1 rings (SSSR count). The first-order chi connectivity index (χ1) is 8.32. The zero-order chi connectivity index (χ0) is 13.9. The van der Waals surface area contributed by atoms with E-state index in [-0.39, 0.29) is 17.4 Å². The summed E-state index contributed by atoms with van der Waals surface area (Å²) in [5.74, 6) is 0.246. The van der Waals surface area contributed by atoms with Crippen LogP contribution in [-0.2, 0) is 4.79 Å². The van der Waals surface area contributed by atoms with Crippen LogP contribution in [-0.4, -0.2) is 61.5 Å². The van der Waals surface area contributed by atoms with Gasteiger partial charge in [-0.25, -0.2) is 0 Å². The summed E-state index contributed by atoms with van der Waals surface area (Å²) in [6.45, 7) is 11.4. The maximum absolute atomic E-state index is 12.5. The third-order valence-corrected chi connectivity index (χ3v) is 3.89. The Hall–Kier alpha value is -0.610. The summed E-state index contributed by atoms with van der Waals surface area (Å²) in [5, 5.41) is 3.16. The maximum Gasteiger partial charge on any atom is 0.241 e. The van der Waals surface area contributed by atoms with Gasteiger partial charge >= 0.3 is 0 Å². The molecule has 4 nitrogen and oxygen atoms in total. The van der Waals surface area contributed by atoms with E-state index in [9.17, 15) is 4.79 Å². The highest BCUT2D eigenvalue weighted by Crippen LogP contribution is 2.26. The average molecular weight is 255 g/mol. The molecule has 0 saturated carbocycles. The summed E-state index contributed by atoms with van der Waals surface area (Å²) in [5.41, 5.74) is 0.149. The normalized spacial score (nSPS) is 27.1. The van der Waals surface area contributed by atoms with Crippen LogP contribution in [0, 0.1) is 5.41 Å². The molecule has 1 saturated heterocycles. The first kappa shape index (κ1) is 15.4. The summed E-state index contributed by atoms with van der Waals surface area (Å²) in [4.78, 5) is 16.8. The van der Waals surface area contributed by atoms with Crippen LogP contribution in [0.3, 0.4) is 0 Å². The lowest BCUT2D eigenvalue weighted by molar-refractivity contribution is -0.134. The number of hydrogen-bond acceptors (Lipinski definition) is 3. The molecule has 1 N–H and O–H groups in total. The van der Waals surface area contributed by atoms with E-state index >= 15 is 0 Å². The predicted octanol–water partition coefficient (Wildman–Crippen LogP) is 1.17. The van der Waals surface area contributed by atoms with Crippen LogP contribution in [0.15, 0.2) is 0 Å². The van der Waals surface area contributed by atoms with Crippen LogP contribution in [0.5, 0.6) is 0 Å². The number of nitrogens with one attached hydrogen (secondary N) is 1. The molecule has 1 aliphatic rings. The molecule has 0 aliphatic carbocycles. The lowest BCUT2D eigenvalue weighted by Gasteiger charge is -2.36. The molecule has 0 radical (unpaired) electrons. The molecule has 1 heterocycles. The number of nitrogens with zero attached hydrogens (tertiary/aromatic N) is 2. The third kappa shape index (κ3) is 3.45. The molecule has 0 bridgehead atoms. The van der Waals surface area contributed by atoms with Gasteiger partial charge in [0.2, 0.25) is 5.91 Å². The largest absolute Gasteiger partial charge is 0.344 e. The Morgan fingerprint density at radius 2 is 2.06 bits per heavy atom. The number of hydrogen-bond donors (Lipinski definition) is 1. The summed E-state index contributed by atoms with van der Waals surface area (Å²) >= 11 is 0. The smallest absolute Gasteiger partial charge is 0.241 e. The minimum Gasteiger partial charge on any atom is -0.344 e. The number of rotatable bonds is 4. The molecule has 0 spiro atoms. The second-order valence-electron chi connectivity index (χ2n) is 6.36. The van der Waals surface area contributed by atoms with Gasteiger partial charge < -0.3 is 10.2 Å². The topological polar surface area (TPSA) is 35.6 Å². The number of likely N-dealkylation sites (N-methyl/N-ethyl adjacent to an activating group) is 2. The number of amides is 1. The van der Waals surface area contributed by atoms with Gasteiger partial charge in [0.25, 0.3) is 0 Å². The fraction of sp³-hybridized carbons (Fsp3) is 0.929. The Labute approximate surface area is 112 Å². The van der Waals surface area contributed by atoms with Gasteiger partial charge in [0.05, 0.1) is 0 Å². The minimum atomic E-state index is -0.0308. The summed E-state index contributed by atoms with van der Waals surface area (Å²) in [6.07, 6.45) is 1.08. The van der Waals surface area contributed by atoms with Crippen molar-refractivity contribution in [2.75, 3.05) is 33.7 Å². The highest BCUT2D eigenvalue weighted by atomic mass is 16.2. The van der Waals surface area contributed by atoms with Crippen molar-refractivity contribution in [3.05, 3.63) is 0 Å². The monoisotopic (exact) mass is 255 g/mol. The third-order valence-electron chi connectivity index (χ3n) is 3.89. The Balaban J connectivity index is 3.02. The summed E-state index contributed by atoms with van der Waals surface area (Å²) < 4.78 is 0. The van der Waals surface area contributed by atoms with E-state index in [0.717, 1.165) is 26.1 Å². The van der Waals surface area contributed by atoms with Crippen molar-refractivity contribution in [2.45, 2.75) is 46.2 Å². The van der Waals surface area contributed by atoms with Gasteiger partial charge in [-0.3, -0.25) is 9.69 Å². The van der Waals surface area contributed by atoms with E-state index in [1.54, 1.807) is 0 Å². The van der Waals surface area contributed by atoms with E-state index in [1.165, 1.54) is 0 Å². The molecule has 1 aliphatic heterocycles. The molecule has 2 unspecified atom stereocenters. The molecule has 2 atom stereocenters. The first-order valence-electron chi connectivity index (χ1n) is 6.97. The predicted molar refractivity (Wildman–Crippen MR) is 75.6 cm³/mol. The molecular weight excluding hydrogens is 226 g/mol. The standard InChI is InChI=1S/C14H29N3O/c1-7-11(2)17-10-14(3,4)9-16(6)13(18)12(17)8-15-5/h11-12,15H,7-10H2,1-6H3. The Morgan fingerprint density at radius 1 is 1.44 bits per heavy atom. The minimum absolute atomic E-state index is 0.0308. The zero-order valence-electron chi connectivity index (χ0n) is 12.8. The van der Waals surface area contributed by atoms with Crippen molar-refractivity contribution in [2.24, 2.45) is 5.41 Å². The van der Waals surface area contributed by atoms with Crippen molar-refractivity contribution < 1.29 is 4.79 Å². The average Bonchev–Trinajstić information content (AvgIpc) is 2.38. The SMILES string of the molecule is CCC(C)N1CC(C)(C)CN(C)C(=O)C1CNC. The van der Waals surface area contributed by atoms with Crippen molar-refractivity contribution in [3.8, 4) is 0 Å². The summed E-state index contributed by atoms with van der Waals surface area (Å²) in [7, 11) is 3.84. The Bertz CT molecular complexity index is 291. The van der Waals surface area contributed by atoms with E-state index in [2.05, 4.69) is 37.9 Å². The molecule has 106 valence electrons. The molecule has 0 aromatic carbocycles. The quantitative estimate of drug-likeness (QED) is 0.819. The van der Waals surface area contributed by atoms with Gasteiger partial charge in [0, 0.05) is 32.7 Å². The van der Waals surface area contributed by atoms with Crippen molar-refractivity contribution >= 4 is 5.91 Å². The molecule has 1 fully saturated rings. The first-order valence-corrected chi connectivity index (χ1v) is 6.97. The molecule has 0 aromatic heterocycles. The lowest BCUT2D eigenvalue weighted by Crippen LogP contribution is -2.53. The lowest BCUT2D eigenvalue weighted by atomic mass is 9.92. The second-order valence-corrected chi connectivity index (χ2v) is 6.36. The van der Waals surface area contributed by atoms with Crippen molar-refractivity contribution in [3.63, 3.8) is 0 Å². The van der Waals surface area contributed by atoms with Gasteiger partial charge in [0.15, 0.2) is 0 Å². The van der Waals surface area contributed by atoms with Crippen LogP contribution in [0.25, 0.3) is 0 Å². The van der Waals surface area contributed by atoms with E-state index in [0.29, 0.717) is 6.04 Å². The van der Waals surface area contributed by atoms with Crippen molar-refractivity contribution in [1.82, 2.24) is 15.1 Å². The fourth-order valence-electron chi connectivity index (χ4n) is 2.87. The molecule has 4 heteroatoms. The number of carbonyl (C=O) groups excluding carboxylic acids is 1. The van der Waals surface area contributed by atoms with Crippen LogP contribution in [0.4, 0.5) is 0 Å². The van der Waals surface area contributed by atoms with E-state index in [4.69, 9.17) is 0 Å². The van der Waals surface area contributed by atoms with Gasteiger partial charge in [-0.15, -0.1) is 0 Å². The second kappa shape index (κ2) is 6.02. The van der Waals surface area contributed by atoms with Gasteiger partial charge in [-0.1, -0.05) is 20.8 Å². The van der Waals surface area contributed by atoms with Crippen LogP contribution >= 0.6 is 0 Å². The van der Waals surface area contributed by atoms with Gasteiger partial charge in [-0.05, 0) is 25.8 Å². The highest BCUT2D eigenvalue weighted by Gasteiger charge is 2.39. The van der Waals surface area contributed by atoms with E-state index < -0.39 is 0 Å². The molecule has 0 aromatic rings. The van der Waals surface area contributed by atoms with Gasteiger partial charge in [0.1, 0.15) is 6.04 Å². The molecular formula is C14H29N3O.